The van der Waals surface area contributed by atoms with Crippen molar-refractivity contribution in [3.05, 3.63) is 41.9 Å². The Morgan fingerprint density at radius 1 is 1.33 bits per heavy atom. The van der Waals surface area contributed by atoms with E-state index in [0.29, 0.717) is 18.0 Å². The number of aryl methyl sites for hydroxylation is 1. The smallest absolute Gasteiger partial charge is 0.260 e. The molecule has 0 aliphatic rings. The largest absolute Gasteiger partial charge is 0.496 e. The number of rotatable bonds is 6. The Kier molecular flexibility index (Phi) is 4.64. The molecule has 0 unspecified atom stereocenters. The lowest BCUT2D eigenvalue weighted by molar-refractivity contribution is 0.397. The molecule has 0 fully saturated rings. The number of hydrogen-bond donors (Lipinski definition) is 1. The van der Waals surface area contributed by atoms with E-state index in [1.165, 1.54) is 17.5 Å². The number of aromatic nitrogens is 2. The quantitative estimate of drug-likeness (QED) is 0.883. The van der Waals surface area contributed by atoms with E-state index in [0.717, 1.165) is 5.56 Å². The van der Waals surface area contributed by atoms with Gasteiger partial charge in [0, 0.05) is 25.6 Å². The lowest BCUT2D eigenvalue weighted by atomic mass is 10.2. The fourth-order valence-electron chi connectivity index (χ4n) is 1.98. The Hall–Kier alpha value is -1.86. The Balaban J connectivity index is 2.24. The zero-order valence-electron chi connectivity index (χ0n) is 12.3. The number of nitrogens with zero attached hydrogens (tertiary/aromatic N) is 2. The number of benzene rings is 1. The highest BCUT2D eigenvalue weighted by Crippen LogP contribution is 2.21. The Labute approximate surface area is 124 Å². The van der Waals surface area contributed by atoms with Crippen LogP contribution in [0, 0.1) is 0 Å². The SMILES string of the molecule is CCc1ncc(S(=O)(=O)N(C)Cc2ccccc2OC)[nH]1. The summed E-state index contributed by atoms with van der Waals surface area (Å²) >= 11 is 0. The van der Waals surface area contributed by atoms with E-state index in [9.17, 15) is 8.42 Å². The number of hydrogen-bond acceptors (Lipinski definition) is 4. The van der Waals surface area contributed by atoms with Crippen LogP contribution < -0.4 is 4.74 Å². The van der Waals surface area contributed by atoms with Gasteiger partial charge in [-0.25, -0.2) is 13.4 Å². The lowest BCUT2D eigenvalue weighted by Gasteiger charge is -2.17. The van der Waals surface area contributed by atoms with E-state index < -0.39 is 10.0 Å². The molecule has 0 saturated heterocycles. The van der Waals surface area contributed by atoms with Crippen LogP contribution in [0.25, 0.3) is 0 Å². The zero-order valence-corrected chi connectivity index (χ0v) is 13.1. The molecule has 0 aliphatic carbocycles. The van der Waals surface area contributed by atoms with Crippen LogP contribution in [0.2, 0.25) is 0 Å². The molecule has 21 heavy (non-hydrogen) atoms. The molecule has 1 heterocycles. The van der Waals surface area contributed by atoms with Gasteiger partial charge in [0.2, 0.25) is 0 Å². The number of methoxy groups -OCH3 is 1. The molecule has 1 aromatic carbocycles. The van der Waals surface area contributed by atoms with Crippen molar-refractivity contribution in [1.82, 2.24) is 14.3 Å². The van der Waals surface area contributed by atoms with E-state index >= 15 is 0 Å². The maximum atomic E-state index is 12.5. The standard InChI is InChI=1S/C14H19N3O3S/c1-4-13-15-9-14(16-13)21(18,19)17(2)10-11-7-5-6-8-12(11)20-3/h5-9H,4,10H2,1-3H3,(H,15,16). The van der Waals surface area contributed by atoms with Crippen LogP contribution in [-0.4, -0.2) is 36.8 Å². The fourth-order valence-corrected chi connectivity index (χ4v) is 3.06. The van der Waals surface area contributed by atoms with Crippen molar-refractivity contribution in [3.8, 4) is 5.75 Å². The number of imidazole rings is 1. The zero-order chi connectivity index (χ0) is 15.5. The molecule has 0 radical (unpaired) electrons. The topological polar surface area (TPSA) is 75.3 Å². The van der Waals surface area contributed by atoms with E-state index in [-0.39, 0.29) is 11.6 Å². The molecule has 7 heteroatoms. The van der Waals surface area contributed by atoms with Crippen molar-refractivity contribution in [2.45, 2.75) is 24.9 Å². The monoisotopic (exact) mass is 309 g/mol. The van der Waals surface area contributed by atoms with E-state index in [4.69, 9.17) is 4.74 Å². The lowest BCUT2D eigenvalue weighted by Crippen LogP contribution is -2.27. The number of sulfonamides is 1. The summed E-state index contributed by atoms with van der Waals surface area (Å²) < 4.78 is 31.5. The molecular formula is C14H19N3O3S. The summed E-state index contributed by atoms with van der Waals surface area (Å²) in [4.78, 5) is 6.86. The van der Waals surface area contributed by atoms with Gasteiger partial charge in [0.05, 0.1) is 13.3 Å². The number of aromatic amines is 1. The number of para-hydroxylation sites is 1. The minimum Gasteiger partial charge on any atom is -0.496 e. The summed E-state index contributed by atoms with van der Waals surface area (Å²) in [5.74, 6) is 1.32. The predicted molar refractivity (Wildman–Crippen MR) is 79.6 cm³/mol. The third-order valence-electron chi connectivity index (χ3n) is 3.21. The second-order valence-corrected chi connectivity index (χ2v) is 6.63. The second-order valence-electron chi connectivity index (χ2n) is 4.62. The highest BCUT2D eigenvalue weighted by Gasteiger charge is 2.24. The molecule has 2 aromatic rings. The summed E-state index contributed by atoms with van der Waals surface area (Å²) in [6.45, 7) is 2.14. The van der Waals surface area contributed by atoms with Gasteiger partial charge in [-0.15, -0.1) is 0 Å². The molecule has 0 aliphatic heterocycles. The van der Waals surface area contributed by atoms with Crippen LogP contribution in [0.1, 0.15) is 18.3 Å². The fraction of sp³-hybridized carbons (Fsp3) is 0.357. The van der Waals surface area contributed by atoms with E-state index in [1.54, 1.807) is 13.2 Å². The molecule has 6 nitrogen and oxygen atoms in total. The van der Waals surface area contributed by atoms with Crippen LogP contribution >= 0.6 is 0 Å². The average Bonchev–Trinajstić information content (AvgIpc) is 2.97. The number of nitrogens with one attached hydrogen (secondary N) is 1. The molecule has 0 spiro atoms. The van der Waals surface area contributed by atoms with Gasteiger partial charge in [0.15, 0.2) is 5.03 Å². The van der Waals surface area contributed by atoms with Crippen LogP contribution in [0.5, 0.6) is 5.75 Å². The molecule has 2 rings (SSSR count). The van der Waals surface area contributed by atoms with Gasteiger partial charge >= 0.3 is 0 Å². The van der Waals surface area contributed by atoms with Gasteiger partial charge < -0.3 is 9.72 Å². The maximum absolute atomic E-state index is 12.5. The van der Waals surface area contributed by atoms with Gasteiger partial charge in [-0.3, -0.25) is 0 Å². The summed E-state index contributed by atoms with van der Waals surface area (Å²) in [5.41, 5.74) is 0.807. The summed E-state index contributed by atoms with van der Waals surface area (Å²) in [6, 6.07) is 7.35. The molecule has 0 atom stereocenters. The highest BCUT2D eigenvalue weighted by atomic mass is 32.2. The first-order valence-electron chi connectivity index (χ1n) is 6.61. The van der Waals surface area contributed by atoms with Crippen LogP contribution in [0.4, 0.5) is 0 Å². The summed E-state index contributed by atoms with van der Waals surface area (Å²) in [6.07, 6.45) is 2.01. The maximum Gasteiger partial charge on any atom is 0.260 e. The number of H-pyrrole nitrogens is 1. The first-order chi connectivity index (χ1) is 9.98. The Morgan fingerprint density at radius 2 is 2.05 bits per heavy atom. The third-order valence-corrected chi connectivity index (χ3v) is 4.93. The first-order valence-corrected chi connectivity index (χ1v) is 8.05. The summed E-state index contributed by atoms with van der Waals surface area (Å²) in [7, 11) is -0.491. The second kappa shape index (κ2) is 6.28. The van der Waals surface area contributed by atoms with Crippen LogP contribution in [-0.2, 0) is 23.0 Å². The predicted octanol–water partition coefficient (Wildman–Crippen LogP) is 1.80. The molecular weight excluding hydrogens is 290 g/mol. The van der Waals surface area contributed by atoms with E-state index in [2.05, 4.69) is 9.97 Å². The van der Waals surface area contributed by atoms with Gasteiger partial charge in [-0.05, 0) is 6.07 Å². The molecule has 0 amide bonds. The third kappa shape index (κ3) is 3.25. The Morgan fingerprint density at radius 3 is 2.67 bits per heavy atom. The minimum absolute atomic E-state index is 0.108. The number of ether oxygens (including phenoxy) is 1. The van der Waals surface area contributed by atoms with Crippen molar-refractivity contribution < 1.29 is 13.2 Å². The van der Waals surface area contributed by atoms with Crippen molar-refractivity contribution >= 4 is 10.0 Å². The van der Waals surface area contributed by atoms with E-state index in [1.807, 2.05) is 25.1 Å². The van der Waals surface area contributed by atoms with Gasteiger partial charge in [0.25, 0.3) is 10.0 Å². The normalized spacial score (nSPS) is 11.8. The van der Waals surface area contributed by atoms with Crippen molar-refractivity contribution in [2.24, 2.45) is 0 Å². The van der Waals surface area contributed by atoms with Gasteiger partial charge in [0.1, 0.15) is 11.6 Å². The van der Waals surface area contributed by atoms with Crippen LogP contribution in [0.15, 0.2) is 35.5 Å². The molecule has 114 valence electrons. The van der Waals surface area contributed by atoms with Crippen molar-refractivity contribution in [3.63, 3.8) is 0 Å². The van der Waals surface area contributed by atoms with Crippen molar-refractivity contribution in [2.75, 3.05) is 14.2 Å². The Bertz CT molecular complexity index is 710. The first kappa shape index (κ1) is 15.5. The van der Waals surface area contributed by atoms with Crippen molar-refractivity contribution in [1.29, 1.82) is 0 Å². The molecule has 1 N–H and O–H groups in total. The summed E-state index contributed by atoms with van der Waals surface area (Å²) in [5, 5.41) is 0.108. The molecule has 0 bridgehead atoms. The average molecular weight is 309 g/mol. The minimum atomic E-state index is -3.59. The van der Waals surface area contributed by atoms with Gasteiger partial charge in [-0.2, -0.15) is 4.31 Å². The van der Waals surface area contributed by atoms with Crippen LogP contribution in [0.3, 0.4) is 0 Å². The highest BCUT2D eigenvalue weighted by molar-refractivity contribution is 7.89. The molecule has 0 saturated carbocycles. The molecule has 1 aromatic heterocycles. The van der Waals surface area contributed by atoms with Gasteiger partial charge in [-0.1, -0.05) is 25.1 Å².